The maximum Gasteiger partial charge on any atom is 0.407 e. The first-order valence-electron chi connectivity index (χ1n) is 7.19. The van der Waals surface area contributed by atoms with Crippen molar-refractivity contribution >= 4 is 11.8 Å². The van der Waals surface area contributed by atoms with Gasteiger partial charge in [-0.3, -0.25) is 0 Å². The van der Waals surface area contributed by atoms with Gasteiger partial charge in [-0.05, 0) is 44.9 Å². The molecule has 0 heterocycles. The summed E-state index contributed by atoms with van der Waals surface area (Å²) >= 11 is 0. The van der Waals surface area contributed by atoms with Crippen molar-refractivity contribution in [3.05, 3.63) is 29.8 Å². The fourth-order valence-corrected chi connectivity index (χ4v) is 1.68. The molecule has 21 heavy (non-hydrogen) atoms. The summed E-state index contributed by atoms with van der Waals surface area (Å²) in [5, 5.41) is 6.05. The van der Waals surface area contributed by atoms with Gasteiger partial charge in [-0.15, -0.1) is 0 Å². The Kier molecular flexibility index (Phi) is 7.02. The molecule has 0 unspecified atom stereocenters. The van der Waals surface area contributed by atoms with Crippen LogP contribution in [0.4, 0.5) is 10.5 Å². The average Bonchev–Trinajstić information content (AvgIpc) is 2.41. The number of methoxy groups -OCH3 is 1. The van der Waals surface area contributed by atoms with Gasteiger partial charge in [-0.2, -0.15) is 0 Å². The fourth-order valence-electron chi connectivity index (χ4n) is 1.68. The molecule has 5 nitrogen and oxygen atoms in total. The third kappa shape index (κ3) is 8.19. The number of alkyl carbamates (subject to hydrolysis) is 1. The highest BCUT2D eigenvalue weighted by Crippen LogP contribution is 2.10. The van der Waals surface area contributed by atoms with Crippen molar-refractivity contribution in [1.82, 2.24) is 5.32 Å². The largest absolute Gasteiger partial charge is 0.444 e. The van der Waals surface area contributed by atoms with Gasteiger partial charge in [0.1, 0.15) is 5.60 Å². The van der Waals surface area contributed by atoms with Crippen molar-refractivity contribution < 1.29 is 14.3 Å². The molecular formula is C16H26N2O3. The van der Waals surface area contributed by atoms with E-state index in [1.807, 2.05) is 45.0 Å². The minimum Gasteiger partial charge on any atom is -0.444 e. The van der Waals surface area contributed by atoms with Crippen molar-refractivity contribution in [2.75, 3.05) is 25.6 Å². The number of benzene rings is 1. The highest BCUT2D eigenvalue weighted by molar-refractivity contribution is 5.67. The number of carbonyl (C=O) groups is 1. The zero-order chi connectivity index (χ0) is 15.7. The van der Waals surface area contributed by atoms with E-state index in [0.717, 1.165) is 30.8 Å². The molecule has 0 aliphatic carbocycles. The average molecular weight is 294 g/mol. The molecule has 0 radical (unpaired) electrons. The molecular weight excluding hydrogens is 268 g/mol. The molecule has 1 aromatic carbocycles. The van der Waals surface area contributed by atoms with Gasteiger partial charge in [0.25, 0.3) is 0 Å². The Hall–Kier alpha value is -1.75. The fraction of sp³-hybridized carbons (Fsp3) is 0.562. The smallest absolute Gasteiger partial charge is 0.407 e. The van der Waals surface area contributed by atoms with Gasteiger partial charge >= 0.3 is 6.09 Å². The molecule has 1 amide bonds. The molecule has 0 fully saturated rings. The predicted molar refractivity (Wildman–Crippen MR) is 84.5 cm³/mol. The number of hydrogen-bond donors (Lipinski definition) is 2. The normalized spacial score (nSPS) is 11.0. The van der Waals surface area contributed by atoms with Crippen LogP contribution in [-0.4, -0.2) is 32.0 Å². The van der Waals surface area contributed by atoms with Crippen LogP contribution in [0.15, 0.2) is 24.3 Å². The van der Waals surface area contributed by atoms with E-state index in [4.69, 9.17) is 9.47 Å². The van der Waals surface area contributed by atoms with Gasteiger partial charge < -0.3 is 20.1 Å². The summed E-state index contributed by atoms with van der Waals surface area (Å²) in [6, 6.07) is 7.96. The molecule has 2 N–H and O–H groups in total. The maximum atomic E-state index is 11.5. The second-order valence-corrected chi connectivity index (χ2v) is 5.83. The summed E-state index contributed by atoms with van der Waals surface area (Å²) in [4.78, 5) is 11.5. The third-order valence-corrected chi connectivity index (χ3v) is 2.64. The van der Waals surface area contributed by atoms with E-state index in [0.29, 0.717) is 6.54 Å². The summed E-state index contributed by atoms with van der Waals surface area (Å²) < 4.78 is 10.2. The van der Waals surface area contributed by atoms with Crippen LogP contribution in [0.3, 0.4) is 0 Å². The Labute approximate surface area is 127 Å². The predicted octanol–water partition coefficient (Wildman–Crippen LogP) is 3.16. The Morgan fingerprint density at radius 3 is 2.43 bits per heavy atom. The first-order chi connectivity index (χ1) is 9.90. The van der Waals surface area contributed by atoms with Crippen LogP contribution in [0.5, 0.6) is 0 Å². The minimum absolute atomic E-state index is 0.399. The lowest BCUT2D eigenvalue weighted by atomic mass is 10.2. The number of amides is 1. The Bertz CT molecular complexity index is 424. The molecule has 1 rings (SSSR count). The van der Waals surface area contributed by atoms with Gasteiger partial charge in [0, 0.05) is 32.5 Å². The third-order valence-electron chi connectivity index (χ3n) is 2.64. The zero-order valence-corrected chi connectivity index (χ0v) is 13.4. The molecule has 118 valence electrons. The Balaban J connectivity index is 2.32. The molecule has 0 atom stereocenters. The van der Waals surface area contributed by atoms with Crippen LogP contribution in [0.25, 0.3) is 0 Å². The second kappa shape index (κ2) is 8.52. The van der Waals surface area contributed by atoms with Gasteiger partial charge in [0.15, 0.2) is 0 Å². The lowest BCUT2D eigenvalue weighted by Crippen LogP contribution is -2.32. The van der Waals surface area contributed by atoms with Crippen LogP contribution >= 0.6 is 0 Å². The monoisotopic (exact) mass is 294 g/mol. The summed E-state index contributed by atoms with van der Waals surface area (Å²) in [6.45, 7) is 7.62. The first-order valence-corrected chi connectivity index (χ1v) is 7.19. The lowest BCUT2D eigenvalue weighted by molar-refractivity contribution is 0.0523. The van der Waals surface area contributed by atoms with Gasteiger partial charge in [-0.25, -0.2) is 4.79 Å². The quantitative estimate of drug-likeness (QED) is 0.758. The van der Waals surface area contributed by atoms with Crippen LogP contribution in [-0.2, 0) is 16.0 Å². The van der Waals surface area contributed by atoms with Crippen LogP contribution < -0.4 is 10.6 Å². The number of carbonyl (C=O) groups excluding carboxylic acids is 1. The number of nitrogens with one attached hydrogen (secondary N) is 2. The van der Waals surface area contributed by atoms with E-state index >= 15 is 0 Å². The van der Waals surface area contributed by atoms with Gasteiger partial charge in [0.2, 0.25) is 0 Å². The molecule has 0 saturated heterocycles. The minimum atomic E-state index is -0.472. The number of ether oxygens (including phenoxy) is 2. The van der Waals surface area contributed by atoms with Crippen molar-refractivity contribution in [2.24, 2.45) is 0 Å². The molecule has 5 heteroatoms. The topological polar surface area (TPSA) is 59.6 Å². The molecule has 0 saturated carbocycles. The van der Waals surface area contributed by atoms with E-state index in [-0.39, 0.29) is 0 Å². The lowest BCUT2D eigenvalue weighted by Gasteiger charge is -2.19. The summed E-state index contributed by atoms with van der Waals surface area (Å²) in [5.74, 6) is 0. The Morgan fingerprint density at radius 2 is 1.86 bits per heavy atom. The van der Waals surface area contributed by atoms with E-state index in [2.05, 4.69) is 10.6 Å². The maximum absolute atomic E-state index is 11.5. The van der Waals surface area contributed by atoms with E-state index in [1.165, 1.54) is 0 Å². The van der Waals surface area contributed by atoms with Crippen molar-refractivity contribution in [3.8, 4) is 0 Å². The summed E-state index contributed by atoms with van der Waals surface area (Å²) in [6.07, 6.45) is 0.572. The van der Waals surface area contributed by atoms with Crippen LogP contribution in [0.1, 0.15) is 32.8 Å². The molecule has 1 aromatic rings. The summed E-state index contributed by atoms with van der Waals surface area (Å²) in [7, 11) is 1.70. The standard InChI is InChI=1S/C16H26N2O3/c1-16(2,3)21-15(19)18-12-13-6-8-14(9-7-13)17-10-5-11-20-4/h6-9,17H,5,10-12H2,1-4H3,(H,18,19). The van der Waals surface area contributed by atoms with Crippen molar-refractivity contribution in [2.45, 2.75) is 39.3 Å². The molecule has 0 bridgehead atoms. The van der Waals surface area contributed by atoms with Gasteiger partial charge in [0.05, 0.1) is 0 Å². The summed E-state index contributed by atoms with van der Waals surface area (Å²) in [5.41, 5.74) is 1.62. The first kappa shape index (κ1) is 17.3. The van der Waals surface area contributed by atoms with E-state index in [1.54, 1.807) is 7.11 Å². The number of rotatable bonds is 7. The van der Waals surface area contributed by atoms with Crippen LogP contribution in [0.2, 0.25) is 0 Å². The molecule has 0 aromatic heterocycles. The molecule has 0 aliphatic rings. The zero-order valence-electron chi connectivity index (χ0n) is 13.4. The molecule has 0 aliphatic heterocycles. The van der Waals surface area contributed by atoms with Gasteiger partial charge in [-0.1, -0.05) is 12.1 Å². The SMILES string of the molecule is COCCCNc1ccc(CNC(=O)OC(C)(C)C)cc1. The van der Waals surface area contributed by atoms with Crippen molar-refractivity contribution in [3.63, 3.8) is 0 Å². The van der Waals surface area contributed by atoms with E-state index < -0.39 is 11.7 Å². The van der Waals surface area contributed by atoms with Crippen LogP contribution in [0, 0.1) is 0 Å². The second-order valence-electron chi connectivity index (χ2n) is 5.83. The number of hydrogen-bond acceptors (Lipinski definition) is 4. The van der Waals surface area contributed by atoms with Crippen molar-refractivity contribution in [1.29, 1.82) is 0 Å². The molecule has 0 spiro atoms. The highest BCUT2D eigenvalue weighted by atomic mass is 16.6. The highest BCUT2D eigenvalue weighted by Gasteiger charge is 2.15. The Morgan fingerprint density at radius 1 is 1.19 bits per heavy atom. The van der Waals surface area contributed by atoms with E-state index in [9.17, 15) is 4.79 Å². The number of anilines is 1.